The van der Waals surface area contributed by atoms with Gasteiger partial charge in [0.15, 0.2) is 0 Å². The number of nitriles is 1. The second-order valence-corrected chi connectivity index (χ2v) is 4.11. The lowest BCUT2D eigenvalue weighted by atomic mass is 10.2. The zero-order valence-corrected chi connectivity index (χ0v) is 9.12. The van der Waals surface area contributed by atoms with E-state index in [4.69, 9.17) is 5.26 Å². The molecule has 0 aromatic carbocycles. The highest BCUT2D eigenvalue weighted by molar-refractivity contribution is 5.79. The van der Waals surface area contributed by atoms with Gasteiger partial charge in [-0.25, -0.2) is 4.98 Å². The largest absolute Gasteiger partial charge is 0.327 e. The van der Waals surface area contributed by atoms with Crippen LogP contribution in [0.1, 0.15) is 17.0 Å². The Balaban J connectivity index is 2.32. The number of fused-ring (bicyclic) bond motifs is 3. The standard InChI is InChI=1S/C12H12N4/c1-8-10(6-13)4-9-5-11-7-14-2-3-16(11)12(9)15-8/h4-5,14H,2-3,7H2,1H3. The van der Waals surface area contributed by atoms with Crippen LogP contribution in [0.25, 0.3) is 11.0 Å². The number of nitrogens with one attached hydrogen (secondary N) is 1. The molecule has 0 spiro atoms. The van der Waals surface area contributed by atoms with E-state index >= 15 is 0 Å². The number of nitrogens with zero attached hydrogens (tertiary/aromatic N) is 3. The summed E-state index contributed by atoms with van der Waals surface area (Å²) in [5.74, 6) is 0. The quantitative estimate of drug-likeness (QED) is 0.716. The Hall–Kier alpha value is -1.86. The molecule has 3 rings (SSSR count). The summed E-state index contributed by atoms with van der Waals surface area (Å²) in [5.41, 5.74) is 3.74. The van der Waals surface area contributed by atoms with Crippen molar-refractivity contribution >= 4 is 11.0 Å². The normalized spacial score (nSPS) is 14.8. The number of hydrogen-bond donors (Lipinski definition) is 1. The van der Waals surface area contributed by atoms with Crippen LogP contribution in [0.15, 0.2) is 12.1 Å². The minimum atomic E-state index is 0.670. The average molecular weight is 212 g/mol. The number of pyridine rings is 1. The van der Waals surface area contributed by atoms with Gasteiger partial charge in [-0.05, 0) is 19.1 Å². The molecule has 0 amide bonds. The maximum Gasteiger partial charge on any atom is 0.140 e. The molecule has 0 saturated carbocycles. The molecule has 1 N–H and O–H groups in total. The molecular weight excluding hydrogens is 200 g/mol. The summed E-state index contributed by atoms with van der Waals surface area (Å²) < 4.78 is 2.24. The number of rotatable bonds is 0. The van der Waals surface area contributed by atoms with Crippen molar-refractivity contribution in [1.82, 2.24) is 14.9 Å². The second-order valence-electron chi connectivity index (χ2n) is 4.11. The van der Waals surface area contributed by atoms with Gasteiger partial charge in [0.2, 0.25) is 0 Å². The van der Waals surface area contributed by atoms with Crippen LogP contribution in [0.5, 0.6) is 0 Å². The third kappa shape index (κ3) is 1.22. The summed E-state index contributed by atoms with van der Waals surface area (Å²) in [6.07, 6.45) is 0. The molecule has 0 saturated heterocycles. The van der Waals surface area contributed by atoms with Gasteiger partial charge >= 0.3 is 0 Å². The first kappa shape index (κ1) is 9.37. The molecule has 0 atom stereocenters. The minimum Gasteiger partial charge on any atom is -0.327 e. The summed E-state index contributed by atoms with van der Waals surface area (Å²) in [7, 11) is 0. The fourth-order valence-electron chi connectivity index (χ4n) is 2.24. The Morgan fingerprint density at radius 1 is 1.50 bits per heavy atom. The number of hydrogen-bond acceptors (Lipinski definition) is 3. The molecule has 80 valence electrons. The van der Waals surface area contributed by atoms with E-state index in [-0.39, 0.29) is 0 Å². The molecule has 0 fully saturated rings. The molecular formula is C12H12N4. The van der Waals surface area contributed by atoms with Crippen LogP contribution in [0.2, 0.25) is 0 Å². The number of aryl methyl sites for hydroxylation is 1. The van der Waals surface area contributed by atoms with Crippen LogP contribution < -0.4 is 5.32 Å². The van der Waals surface area contributed by atoms with Crippen LogP contribution in [0.4, 0.5) is 0 Å². The smallest absolute Gasteiger partial charge is 0.140 e. The lowest BCUT2D eigenvalue weighted by Gasteiger charge is -2.16. The molecule has 16 heavy (non-hydrogen) atoms. The molecule has 1 aliphatic heterocycles. The van der Waals surface area contributed by atoms with Crippen LogP contribution in [-0.2, 0) is 13.1 Å². The zero-order valence-electron chi connectivity index (χ0n) is 9.12. The molecule has 0 aliphatic carbocycles. The van der Waals surface area contributed by atoms with Gasteiger partial charge < -0.3 is 9.88 Å². The van der Waals surface area contributed by atoms with Crippen molar-refractivity contribution in [2.45, 2.75) is 20.0 Å². The van der Waals surface area contributed by atoms with Crippen LogP contribution in [0, 0.1) is 18.3 Å². The van der Waals surface area contributed by atoms with Crippen molar-refractivity contribution in [3.63, 3.8) is 0 Å². The van der Waals surface area contributed by atoms with E-state index in [9.17, 15) is 0 Å². The van der Waals surface area contributed by atoms with Gasteiger partial charge in [0.25, 0.3) is 0 Å². The topological polar surface area (TPSA) is 53.6 Å². The van der Waals surface area contributed by atoms with E-state index in [1.54, 1.807) is 0 Å². The molecule has 0 radical (unpaired) electrons. The van der Waals surface area contributed by atoms with E-state index in [1.807, 2.05) is 13.0 Å². The number of aromatic nitrogens is 2. The van der Waals surface area contributed by atoms with Crippen molar-refractivity contribution < 1.29 is 0 Å². The van der Waals surface area contributed by atoms with Gasteiger partial charge in [-0.2, -0.15) is 5.26 Å². The third-order valence-corrected chi connectivity index (χ3v) is 3.08. The third-order valence-electron chi connectivity index (χ3n) is 3.08. The van der Waals surface area contributed by atoms with Gasteiger partial charge in [0.05, 0.1) is 11.3 Å². The lowest BCUT2D eigenvalue weighted by molar-refractivity contribution is 0.524. The Bertz CT molecular complexity index is 603. The Kier molecular flexibility index (Phi) is 1.95. The van der Waals surface area contributed by atoms with Gasteiger partial charge in [-0.3, -0.25) is 0 Å². The van der Waals surface area contributed by atoms with Gasteiger partial charge in [0.1, 0.15) is 11.7 Å². The molecule has 2 aromatic rings. The second kappa shape index (κ2) is 3.32. The van der Waals surface area contributed by atoms with Crippen LogP contribution >= 0.6 is 0 Å². The van der Waals surface area contributed by atoms with E-state index in [1.165, 1.54) is 5.69 Å². The van der Waals surface area contributed by atoms with Crippen LogP contribution in [-0.4, -0.2) is 16.1 Å². The summed E-state index contributed by atoms with van der Waals surface area (Å²) >= 11 is 0. The average Bonchev–Trinajstić information content (AvgIpc) is 2.66. The maximum atomic E-state index is 8.97. The highest BCUT2D eigenvalue weighted by Gasteiger charge is 2.14. The Morgan fingerprint density at radius 2 is 2.38 bits per heavy atom. The zero-order chi connectivity index (χ0) is 11.1. The Labute approximate surface area is 93.5 Å². The van der Waals surface area contributed by atoms with Gasteiger partial charge in [-0.15, -0.1) is 0 Å². The summed E-state index contributed by atoms with van der Waals surface area (Å²) in [4.78, 5) is 4.53. The first-order valence-corrected chi connectivity index (χ1v) is 5.40. The molecule has 0 unspecified atom stereocenters. The van der Waals surface area contributed by atoms with Crippen molar-refractivity contribution in [1.29, 1.82) is 5.26 Å². The van der Waals surface area contributed by atoms with E-state index < -0.39 is 0 Å². The first-order chi connectivity index (χ1) is 7.79. The maximum absolute atomic E-state index is 8.97. The van der Waals surface area contributed by atoms with Crippen molar-refractivity contribution in [3.05, 3.63) is 29.1 Å². The van der Waals surface area contributed by atoms with Crippen molar-refractivity contribution in [2.75, 3.05) is 6.54 Å². The van der Waals surface area contributed by atoms with E-state index in [2.05, 4.69) is 27.0 Å². The molecule has 0 bridgehead atoms. The molecule has 2 aromatic heterocycles. The predicted octanol–water partition coefficient (Wildman–Crippen LogP) is 1.32. The van der Waals surface area contributed by atoms with Crippen LogP contribution in [0.3, 0.4) is 0 Å². The van der Waals surface area contributed by atoms with E-state index in [0.29, 0.717) is 5.56 Å². The van der Waals surface area contributed by atoms with Gasteiger partial charge in [0, 0.05) is 30.7 Å². The Morgan fingerprint density at radius 3 is 3.19 bits per heavy atom. The molecule has 4 heteroatoms. The first-order valence-electron chi connectivity index (χ1n) is 5.40. The monoisotopic (exact) mass is 212 g/mol. The summed E-state index contributed by atoms with van der Waals surface area (Å²) in [6.45, 7) is 4.71. The van der Waals surface area contributed by atoms with Crippen molar-refractivity contribution in [3.8, 4) is 6.07 Å². The summed E-state index contributed by atoms with van der Waals surface area (Å²) in [6, 6.07) is 6.23. The predicted molar refractivity (Wildman–Crippen MR) is 60.9 cm³/mol. The molecule has 1 aliphatic rings. The fraction of sp³-hybridized carbons (Fsp3) is 0.333. The van der Waals surface area contributed by atoms with Crippen molar-refractivity contribution in [2.24, 2.45) is 0 Å². The van der Waals surface area contributed by atoms with E-state index in [0.717, 1.165) is 36.4 Å². The SMILES string of the molecule is Cc1nc2c(cc1C#N)cc1n2CCNC1. The highest BCUT2D eigenvalue weighted by atomic mass is 15.1. The highest BCUT2D eigenvalue weighted by Crippen LogP contribution is 2.22. The minimum absolute atomic E-state index is 0.670. The molecule has 3 heterocycles. The van der Waals surface area contributed by atoms with Gasteiger partial charge in [-0.1, -0.05) is 0 Å². The molecule has 4 nitrogen and oxygen atoms in total. The fourth-order valence-corrected chi connectivity index (χ4v) is 2.24. The summed E-state index contributed by atoms with van der Waals surface area (Å²) in [5, 5.41) is 13.4. The lowest BCUT2D eigenvalue weighted by Crippen LogP contribution is -2.27.